The van der Waals surface area contributed by atoms with Gasteiger partial charge in [0, 0.05) is 37.2 Å². The van der Waals surface area contributed by atoms with E-state index in [1.165, 1.54) is 0 Å². The Labute approximate surface area is 134 Å². The SMILES string of the molecule is CNCc1nc(-c2nnc3n2CC(C)CC3)cc2c1CNC2=O. The zero-order valence-corrected chi connectivity index (χ0v) is 13.4. The Morgan fingerprint density at radius 3 is 3.13 bits per heavy atom. The van der Waals surface area contributed by atoms with E-state index in [9.17, 15) is 4.79 Å². The maximum absolute atomic E-state index is 12.1. The Hall–Kier alpha value is -2.28. The second-order valence-corrected chi connectivity index (χ2v) is 6.39. The second kappa shape index (κ2) is 5.42. The zero-order chi connectivity index (χ0) is 16.0. The molecule has 2 aromatic heterocycles. The van der Waals surface area contributed by atoms with Gasteiger partial charge >= 0.3 is 0 Å². The number of nitrogens with one attached hydrogen (secondary N) is 2. The molecule has 0 bridgehead atoms. The number of hydrogen-bond donors (Lipinski definition) is 2. The average molecular weight is 312 g/mol. The number of pyridine rings is 1. The molecule has 0 aromatic carbocycles. The Morgan fingerprint density at radius 1 is 1.43 bits per heavy atom. The first-order valence-corrected chi connectivity index (χ1v) is 8.05. The van der Waals surface area contributed by atoms with Crippen LogP contribution in [0.25, 0.3) is 11.5 Å². The third-order valence-electron chi connectivity index (χ3n) is 4.64. The van der Waals surface area contributed by atoms with E-state index < -0.39 is 0 Å². The van der Waals surface area contributed by atoms with E-state index in [2.05, 4.69) is 32.3 Å². The molecular formula is C16H20N6O. The van der Waals surface area contributed by atoms with Gasteiger partial charge in [-0.1, -0.05) is 6.92 Å². The summed E-state index contributed by atoms with van der Waals surface area (Å²) in [5, 5.41) is 14.7. The summed E-state index contributed by atoms with van der Waals surface area (Å²) in [5.41, 5.74) is 3.33. The van der Waals surface area contributed by atoms with E-state index in [4.69, 9.17) is 4.98 Å². The fourth-order valence-electron chi connectivity index (χ4n) is 3.40. The number of amides is 1. The highest BCUT2D eigenvalue weighted by Gasteiger charge is 2.27. The molecule has 23 heavy (non-hydrogen) atoms. The minimum atomic E-state index is -0.0345. The molecule has 0 saturated carbocycles. The van der Waals surface area contributed by atoms with E-state index in [-0.39, 0.29) is 5.91 Å². The Balaban J connectivity index is 1.84. The number of aryl methyl sites for hydroxylation is 1. The molecule has 1 amide bonds. The fourth-order valence-corrected chi connectivity index (χ4v) is 3.40. The first-order valence-electron chi connectivity index (χ1n) is 8.05. The molecule has 1 unspecified atom stereocenters. The molecule has 4 heterocycles. The van der Waals surface area contributed by atoms with E-state index in [1.807, 2.05) is 13.1 Å². The molecular weight excluding hydrogens is 292 g/mol. The number of aromatic nitrogens is 4. The summed E-state index contributed by atoms with van der Waals surface area (Å²) in [7, 11) is 1.88. The second-order valence-electron chi connectivity index (χ2n) is 6.39. The minimum absolute atomic E-state index is 0.0345. The van der Waals surface area contributed by atoms with E-state index in [0.29, 0.717) is 24.6 Å². The van der Waals surface area contributed by atoms with Crippen molar-refractivity contribution < 1.29 is 4.79 Å². The quantitative estimate of drug-likeness (QED) is 0.879. The molecule has 0 saturated heterocycles. The molecule has 0 fully saturated rings. The van der Waals surface area contributed by atoms with Crippen LogP contribution in [0.1, 0.15) is 40.8 Å². The highest BCUT2D eigenvalue weighted by Crippen LogP contribution is 2.28. The molecule has 7 nitrogen and oxygen atoms in total. The predicted octanol–water partition coefficient (Wildman–Crippen LogP) is 0.885. The Kier molecular flexibility index (Phi) is 3.37. The predicted molar refractivity (Wildman–Crippen MR) is 84.7 cm³/mol. The molecule has 2 N–H and O–H groups in total. The van der Waals surface area contributed by atoms with Gasteiger partial charge in [0.2, 0.25) is 0 Å². The Morgan fingerprint density at radius 2 is 2.30 bits per heavy atom. The van der Waals surface area contributed by atoms with Crippen LogP contribution in [0.3, 0.4) is 0 Å². The third kappa shape index (κ3) is 2.31. The van der Waals surface area contributed by atoms with Crippen molar-refractivity contribution in [2.75, 3.05) is 7.05 Å². The van der Waals surface area contributed by atoms with Crippen LogP contribution < -0.4 is 10.6 Å². The van der Waals surface area contributed by atoms with Gasteiger partial charge in [-0.3, -0.25) is 4.79 Å². The van der Waals surface area contributed by atoms with Crippen LogP contribution in [-0.2, 0) is 26.1 Å². The average Bonchev–Trinajstić information content (AvgIpc) is 3.11. The lowest BCUT2D eigenvalue weighted by Crippen LogP contribution is -2.19. The lowest BCUT2D eigenvalue weighted by atomic mass is 10.0. The molecule has 2 aliphatic heterocycles. The van der Waals surface area contributed by atoms with Crippen LogP contribution in [0.2, 0.25) is 0 Å². The smallest absolute Gasteiger partial charge is 0.252 e. The molecule has 2 aromatic rings. The van der Waals surface area contributed by atoms with Crippen LogP contribution in [0.4, 0.5) is 0 Å². The molecule has 0 spiro atoms. The van der Waals surface area contributed by atoms with Gasteiger partial charge in [0.05, 0.1) is 5.69 Å². The summed E-state index contributed by atoms with van der Waals surface area (Å²) in [6, 6.07) is 1.85. The van der Waals surface area contributed by atoms with Crippen molar-refractivity contribution >= 4 is 5.91 Å². The summed E-state index contributed by atoms with van der Waals surface area (Å²) >= 11 is 0. The highest BCUT2D eigenvalue weighted by molar-refractivity contribution is 5.99. The summed E-state index contributed by atoms with van der Waals surface area (Å²) in [4.78, 5) is 16.8. The number of nitrogens with zero attached hydrogens (tertiary/aromatic N) is 4. The van der Waals surface area contributed by atoms with Crippen LogP contribution in [0, 0.1) is 5.92 Å². The van der Waals surface area contributed by atoms with Crippen molar-refractivity contribution in [1.82, 2.24) is 30.4 Å². The molecule has 7 heteroatoms. The highest BCUT2D eigenvalue weighted by atomic mass is 16.1. The number of carbonyl (C=O) groups excluding carboxylic acids is 1. The monoisotopic (exact) mass is 312 g/mol. The van der Waals surface area contributed by atoms with Crippen molar-refractivity contribution in [2.24, 2.45) is 5.92 Å². The van der Waals surface area contributed by atoms with Gasteiger partial charge in [-0.25, -0.2) is 4.98 Å². The number of rotatable bonds is 3. The van der Waals surface area contributed by atoms with Crippen LogP contribution in [0.5, 0.6) is 0 Å². The van der Waals surface area contributed by atoms with Gasteiger partial charge in [-0.05, 0) is 25.5 Å². The number of hydrogen-bond acceptors (Lipinski definition) is 5. The fraction of sp³-hybridized carbons (Fsp3) is 0.500. The summed E-state index contributed by atoms with van der Waals surface area (Å²) in [5.74, 6) is 2.35. The molecule has 4 rings (SSSR count). The summed E-state index contributed by atoms with van der Waals surface area (Å²) in [6.07, 6.45) is 2.09. The Bertz CT molecular complexity index is 781. The summed E-state index contributed by atoms with van der Waals surface area (Å²) < 4.78 is 2.15. The van der Waals surface area contributed by atoms with Crippen LogP contribution in [0.15, 0.2) is 6.07 Å². The minimum Gasteiger partial charge on any atom is -0.348 e. The normalized spacial score (nSPS) is 19.4. The number of fused-ring (bicyclic) bond motifs is 2. The van der Waals surface area contributed by atoms with E-state index in [1.54, 1.807) is 0 Å². The van der Waals surface area contributed by atoms with Gasteiger partial charge < -0.3 is 15.2 Å². The molecule has 2 aliphatic rings. The van der Waals surface area contributed by atoms with Crippen molar-refractivity contribution in [3.8, 4) is 11.5 Å². The van der Waals surface area contributed by atoms with E-state index in [0.717, 1.165) is 48.0 Å². The first kappa shape index (κ1) is 14.3. The molecule has 120 valence electrons. The lowest BCUT2D eigenvalue weighted by molar-refractivity contribution is 0.0965. The molecule has 0 radical (unpaired) electrons. The van der Waals surface area contributed by atoms with Crippen molar-refractivity contribution in [2.45, 2.75) is 39.4 Å². The van der Waals surface area contributed by atoms with Gasteiger partial charge in [0.15, 0.2) is 5.82 Å². The van der Waals surface area contributed by atoms with Crippen LogP contribution in [-0.4, -0.2) is 32.7 Å². The van der Waals surface area contributed by atoms with Gasteiger partial charge in [0.25, 0.3) is 5.91 Å². The standard InChI is InChI=1S/C16H20N6O/c1-9-3-4-14-20-21-15(22(14)8-9)12-5-10-11(6-18-16(10)23)13(19-12)7-17-2/h5,9,17H,3-4,6-8H2,1-2H3,(H,18,23). The summed E-state index contributed by atoms with van der Waals surface area (Å²) in [6.45, 7) is 4.32. The molecule has 0 aliphatic carbocycles. The maximum atomic E-state index is 12.1. The van der Waals surface area contributed by atoms with Gasteiger partial charge in [-0.15, -0.1) is 10.2 Å². The van der Waals surface area contributed by atoms with Crippen molar-refractivity contribution in [3.63, 3.8) is 0 Å². The molecule has 1 atom stereocenters. The number of carbonyl (C=O) groups is 1. The topological polar surface area (TPSA) is 84.7 Å². The van der Waals surface area contributed by atoms with Crippen molar-refractivity contribution in [3.05, 3.63) is 28.7 Å². The maximum Gasteiger partial charge on any atom is 0.252 e. The first-order chi connectivity index (χ1) is 11.2. The van der Waals surface area contributed by atoms with Crippen LogP contribution >= 0.6 is 0 Å². The van der Waals surface area contributed by atoms with Gasteiger partial charge in [0.1, 0.15) is 11.5 Å². The lowest BCUT2D eigenvalue weighted by Gasteiger charge is -2.21. The largest absolute Gasteiger partial charge is 0.348 e. The van der Waals surface area contributed by atoms with Crippen molar-refractivity contribution in [1.29, 1.82) is 0 Å². The zero-order valence-electron chi connectivity index (χ0n) is 13.4. The third-order valence-corrected chi connectivity index (χ3v) is 4.64. The van der Waals surface area contributed by atoms with E-state index >= 15 is 0 Å². The van der Waals surface area contributed by atoms with Gasteiger partial charge in [-0.2, -0.15) is 0 Å².